The molecule has 1 amide bonds. The lowest BCUT2D eigenvalue weighted by Gasteiger charge is -2.12. The molecule has 28 heavy (non-hydrogen) atoms. The van der Waals surface area contributed by atoms with Gasteiger partial charge in [0, 0.05) is 24.0 Å². The van der Waals surface area contributed by atoms with Crippen LogP contribution in [0.4, 0.5) is 0 Å². The van der Waals surface area contributed by atoms with Gasteiger partial charge >= 0.3 is 0 Å². The SMILES string of the molecule is CSc1nnc(CCCNC(=O)c2cc(S(N)(=O)=O)ccc2Br)n1CC(C)C. The number of nitrogens with zero attached hydrogens (tertiary/aromatic N) is 3. The summed E-state index contributed by atoms with van der Waals surface area (Å²) in [6.07, 6.45) is 3.33. The molecule has 0 spiro atoms. The standard InChI is InChI=1S/C17H24BrN5O3S2/c1-11(2)10-23-15(21-22-17(23)27-3)5-4-8-20-16(24)13-9-12(28(19,25)26)6-7-14(13)18/h6-7,9,11H,4-5,8,10H2,1-3H3,(H,20,24)(H2,19,25,26). The van der Waals surface area contributed by atoms with E-state index >= 15 is 0 Å². The predicted octanol–water partition coefficient (Wildman–Crippen LogP) is 2.43. The highest BCUT2D eigenvalue weighted by molar-refractivity contribution is 9.10. The smallest absolute Gasteiger partial charge is 0.252 e. The number of halogens is 1. The van der Waals surface area contributed by atoms with E-state index < -0.39 is 10.0 Å². The largest absolute Gasteiger partial charge is 0.352 e. The Morgan fingerprint density at radius 3 is 2.68 bits per heavy atom. The van der Waals surface area contributed by atoms with Crippen LogP contribution in [0.15, 0.2) is 32.7 Å². The lowest BCUT2D eigenvalue weighted by atomic mass is 10.2. The Labute approximate surface area is 177 Å². The number of hydrogen-bond donors (Lipinski definition) is 2. The van der Waals surface area contributed by atoms with Crippen LogP contribution in [0.3, 0.4) is 0 Å². The first-order valence-electron chi connectivity index (χ1n) is 8.70. The van der Waals surface area contributed by atoms with Crippen molar-refractivity contribution in [1.82, 2.24) is 20.1 Å². The van der Waals surface area contributed by atoms with Crippen molar-refractivity contribution in [1.29, 1.82) is 0 Å². The lowest BCUT2D eigenvalue weighted by molar-refractivity contribution is 0.0952. The first-order chi connectivity index (χ1) is 13.1. The van der Waals surface area contributed by atoms with Crippen molar-refractivity contribution < 1.29 is 13.2 Å². The molecule has 1 aromatic carbocycles. The van der Waals surface area contributed by atoms with Gasteiger partial charge in [0.2, 0.25) is 10.0 Å². The minimum Gasteiger partial charge on any atom is -0.352 e. The molecule has 0 fully saturated rings. The van der Waals surface area contributed by atoms with Crippen molar-refractivity contribution in [3.8, 4) is 0 Å². The number of aryl methyl sites for hydroxylation is 1. The van der Waals surface area contributed by atoms with E-state index in [9.17, 15) is 13.2 Å². The van der Waals surface area contributed by atoms with Crippen molar-refractivity contribution >= 4 is 43.6 Å². The Hall–Kier alpha value is -1.43. The molecule has 0 atom stereocenters. The molecule has 0 aliphatic carbocycles. The summed E-state index contributed by atoms with van der Waals surface area (Å²) in [6.45, 7) is 5.55. The number of sulfonamides is 1. The molecule has 1 heterocycles. The Bertz CT molecular complexity index is 944. The summed E-state index contributed by atoms with van der Waals surface area (Å²) in [6, 6.07) is 4.10. The third-order valence-corrected chi connectivity index (χ3v) is 6.17. The molecule has 11 heteroatoms. The van der Waals surface area contributed by atoms with E-state index in [1.807, 2.05) is 6.26 Å². The predicted molar refractivity (Wildman–Crippen MR) is 113 cm³/mol. The van der Waals surface area contributed by atoms with Crippen molar-refractivity contribution in [2.75, 3.05) is 12.8 Å². The highest BCUT2D eigenvalue weighted by Crippen LogP contribution is 2.20. The summed E-state index contributed by atoms with van der Waals surface area (Å²) in [7, 11) is -3.87. The van der Waals surface area contributed by atoms with Crippen LogP contribution >= 0.6 is 27.7 Å². The summed E-state index contributed by atoms with van der Waals surface area (Å²) >= 11 is 4.83. The second kappa shape index (κ2) is 9.86. The third-order valence-electron chi connectivity index (χ3n) is 3.90. The fraction of sp³-hybridized carbons (Fsp3) is 0.471. The number of thioether (sulfide) groups is 1. The van der Waals surface area contributed by atoms with Gasteiger partial charge in [0.05, 0.1) is 10.5 Å². The lowest BCUT2D eigenvalue weighted by Crippen LogP contribution is -2.26. The molecule has 1 aromatic heterocycles. The molecule has 3 N–H and O–H groups in total. The first kappa shape index (κ1) is 22.9. The van der Waals surface area contributed by atoms with Crippen LogP contribution in [0.1, 0.15) is 36.5 Å². The molecule has 0 unspecified atom stereocenters. The van der Waals surface area contributed by atoms with Crippen molar-refractivity contribution in [3.63, 3.8) is 0 Å². The molecule has 8 nitrogen and oxygen atoms in total. The summed E-state index contributed by atoms with van der Waals surface area (Å²) in [5, 5.41) is 17.3. The summed E-state index contributed by atoms with van der Waals surface area (Å²) in [5.74, 6) is 0.999. The summed E-state index contributed by atoms with van der Waals surface area (Å²) in [4.78, 5) is 12.3. The maximum atomic E-state index is 12.4. The fourth-order valence-electron chi connectivity index (χ4n) is 2.60. The number of carbonyl (C=O) groups is 1. The molecule has 0 radical (unpaired) electrons. The second-order valence-electron chi connectivity index (χ2n) is 6.65. The van der Waals surface area contributed by atoms with E-state index in [0.717, 1.165) is 17.5 Å². The summed E-state index contributed by atoms with van der Waals surface area (Å²) < 4.78 is 25.6. The van der Waals surface area contributed by atoms with Crippen LogP contribution in [0.25, 0.3) is 0 Å². The van der Waals surface area contributed by atoms with Gasteiger partial charge < -0.3 is 9.88 Å². The molecule has 2 aromatic rings. The zero-order chi connectivity index (χ0) is 20.9. The number of primary sulfonamides is 1. The number of hydrogen-bond acceptors (Lipinski definition) is 6. The van der Waals surface area contributed by atoms with Gasteiger partial charge in [-0.05, 0) is 52.7 Å². The first-order valence-corrected chi connectivity index (χ1v) is 12.3. The molecule has 0 saturated heterocycles. The number of rotatable bonds is 9. The van der Waals surface area contributed by atoms with Gasteiger partial charge in [0.25, 0.3) is 5.91 Å². The third kappa shape index (κ3) is 6.03. The van der Waals surface area contributed by atoms with E-state index in [0.29, 0.717) is 29.8 Å². The average molecular weight is 490 g/mol. The fourth-order valence-corrected chi connectivity index (χ4v) is 4.09. The normalized spacial score (nSPS) is 11.8. The van der Waals surface area contributed by atoms with E-state index in [1.54, 1.807) is 11.8 Å². The molecule has 0 aliphatic heterocycles. The van der Waals surface area contributed by atoms with Crippen LogP contribution in [0.2, 0.25) is 0 Å². The van der Waals surface area contributed by atoms with Gasteiger partial charge in [0.1, 0.15) is 5.82 Å². The topological polar surface area (TPSA) is 120 Å². The van der Waals surface area contributed by atoms with E-state index in [1.165, 1.54) is 18.2 Å². The second-order valence-corrected chi connectivity index (χ2v) is 9.84. The van der Waals surface area contributed by atoms with Crippen molar-refractivity contribution in [2.24, 2.45) is 11.1 Å². The van der Waals surface area contributed by atoms with Crippen LogP contribution in [0, 0.1) is 5.92 Å². The number of benzene rings is 1. The zero-order valence-electron chi connectivity index (χ0n) is 16.0. The number of nitrogens with two attached hydrogens (primary N) is 1. The number of carbonyl (C=O) groups excluding carboxylic acids is 1. The maximum absolute atomic E-state index is 12.4. The maximum Gasteiger partial charge on any atom is 0.252 e. The van der Waals surface area contributed by atoms with Crippen LogP contribution in [-0.4, -0.2) is 41.9 Å². The average Bonchev–Trinajstić information content (AvgIpc) is 2.99. The van der Waals surface area contributed by atoms with Gasteiger partial charge in [-0.15, -0.1) is 10.2 Å². The minimum atomic E-state index is -3.87. The van der Waals surface area contributed by atoms with Crippen molar-refractivity contribution in [3.05, 3.63) is 34.1 Å². The molecular weight excluding hydrogens is 466 g/mol. The number of amides is 1. The zero-order valence-corrected chi connectivity index (χ0v) is 19.2. The monoisotopic (exact) mass is 489 g/mol. The minimum absolute atomic E-state index is 0.104. The Kier molecular flexibility index (Phi) is 8.05. The molecule has 0 bridgehead atoms. The molecule has 0 aliphatic rings. The van der Waals surface area contributed by atoms with Crippen LogP contribution < -0.4 is 10.5 Å². The van der Waals surface area contributed by atoms with Crippen LogP contribution in [0.5, 0.6) is 0 Å². The van der Waals surface area contributed by atoms with Gasteiger partial charge in [-0.3, -0.25) is 4.79 Å². The van der Waals surface area contributed by atoms with Gasteiger partial charge in [-0.1, -0.05) is 25.6 Å². The molecular formula is C17H24BrN5O3S2. The summed E-state index contributed by atoms with van der Waals surface area (Å²) in [5.41, 5.74) is 0.221. The van der Waals surface area contributed by atoms with Crippen LogP contribution in [-0.2, 0) is 23.0 Å². The quantitative estimate of drug-likeness (QED) is 0.412. The van der Waals surface area contributed by atoms with E-state index in [2.05, 4.69) is 49.9 Å². The highest BCUT2D eigenvalue weighted by Gasteiger charge is 2.16. The Morgan fingerprint density at radius 2 is 2.07 bits per heavy atom. The van der Waals surface area contributed by atoms with Gasteiger partial charge in [0.15, 0.2) is 5.16 Å². The molecule has 2 rings (SSSR count). The van der Waals surface area contributed by atoms with E-state index in [-0.39, 0.29) is 16.4 Å². The number of aromatic nitrogens is 3. The Morgan fingerprint density at radius 1 is 1.36 bits per heavy atom. The highest BCUT2D eigenvalue weighted by atomic mass is 79.9. The Balaban J connectivity index is 1.98. The van der Waals surface area contributed by atoms with E-state index in [4.69, 9.17) is 5.14 Å². The molecule has 154 valence electrons. The van der Waals surface area contributed by atoms with Gasteiger partial charge in [-0.2, -0.15) is 0 Å². The van der Waals surface area contributed by atoms with Gasteiger partial charge in [-0.25, -0.2) is 13.6 Å². The van der Waals surface area contributed by atoms with Crippen molar-refractivity contribution in [2.45, 2.75) is 43.3 Å². The molecule has 0 saturated carbocycles. The number of nitrogens with one attached hydrogen (secondary N) is 1.